The molecule has 208 valence electrons. The number of carboxylic acids is 1. The Morgan fingerprint density at radius 1 is 1.05 bits per heavy atom. The maximum absolute atomic E-state index is 12.4. The summed E-state index contributed by atoms with van der Waals surface area (Å²) in [5, 5.41) is 14.6. The fourth-order valence-electron chi connectivity index (χ4n) is 5.24. The third kappa shape index (κ3) is 7.60. The van der Waals surface area contributed by atoms with Gasteiger partial charge in [0, 0.05) is 35.6 Å². The van der Waals surface area contributed by atoms with Crippen LogP contribution in [0.15, 0.2) is 53.9 Å². The van der Waals surface area contributed by atoms with Crippen LogP contribution in [0, 0.1) is 11.3 Å². The van der Waals surface area contributed by atoms with Gasteiger partial charge in [0.15, 0.2) is 5.13 Å². The first-order valence-corrected chi connectivity index (χ1v) is 14.5. The van der Waals surface area contributed by atoms with Gasteiger partial charge in [-0.05, 0) is 79.0 Å². The highest BCUT2D eigenvalue weighted by Crippen LogP contribution is 2.41. The van der Waals surface area contributed by atoms with E-state index < -0.39 is 5.97 Å². The number of carbonyl (C=O) groups is 2. The molecule has 1 aliphatic carbocycles. The second-order valence-electron chi connectivity index (χ2n) is 11.3. The molecule has 3 aromatic rings. The molecule has 1 fully saturated rings. The lowest BCUT2D eigenvalue weighted by Gasteiger charge is -2.41. The van der Waals surface area contributed by atoms with E-state index in [1.165, 1.54) is 12.8 Å². The van der Waals surface area contributed by atoms with E-state index in [0.29, 0.717) is 23.6 Å². The minimum atomic E-state index is -0.931. The van der Waals surface area contributed by atoms with Crippen molar-refractivity contribution in [1.29, 1.82) is 0 Å². The first kappa shape index (κ1) is 28.6. The molecule has 0 saturated heterocycles. The van der Waals surface area contributed by atoms with Gasteiger partial charge >= 0.3 is 5.97 Å². The van der Waals surface area contributed by atoms with Crippen LogP contribution in [0.2, 0.25) is 0 Å². The monoisotopic (exact) mass is 549 g/mol. The Morgan fingerprint density at radius 3 is 2.31 bits per heavy atom. The molecule has 1 amide bonds. The fraction of sp³-hybridized carbons (Fsp3) is 0.452. The number of methoxy groups -OCH3 is 1. The van der Waals surface area contributed by atoms with Crippen molar-refractivity contribution in [1.82, 2.24) is 10.3 Å². The Balaban J connectivity index is 1.52. The number of benzene rings is 2. The molecule has 8 heteroatoms. The van der Waals surface area contributed by atoms with Gasteiger partial charge in [0.05, 0.1) is 19.2 Å². The summed E-state index contributed by atoms with van der Waals surface area (Å²) < 4.78 is 5.30. The lowest BCUT2D eigenvalue weighted by molar-refractivity contribution is -0.136. The molecule has 1 aromatic heterocycles. The summed E-state index contributed by atoms with van der Waals surface area (Å²) in [5.74, 6) is 0.356. The average Bonchev–Trinajstić information content (AvgIpc) is 3.41. The number of hydrogen-bond acceptors (Lipinski definition) is 6. The predicted octanol–water partition coefficient (Wildman–Crippen LogP) is 6.63. The van der Waals surface area contributed by atoms with Gasteiger partial charge in [-0.3, -0.25) is 9.59 Å². The normalized spacial score (nSPS) is 17.4. The van der Waals surface area contributed by atoms with Crippen LogP contribution in [-0.2, 0) is 11.3 Å². The highest BCUT2D eigenvalue weighted by molar-refractivity contribution is 7.14. The van der Waals surface area contributed by atoms with E-state index in [1.807, 2.05) is 48.5 Å². The van der Waals surface area contributed by atoms with Crippen molar-refractivity contribution in [3.8, 4) is 17.0 Å². The number of hydrogen-bond donors (Lipinski definition) is 2. The number of aliphatic carboxylic acids is 1. The number of ether oxygens (including phenoxy) is 1. The average molecular weight is 550 g/mol. The van der Waals surface area contributed by atoms with Gasteiger partial charge in [-0.1, -0.05) is 32.9 Å². The predicted molar refractivity (Wildman–Crippen MR) is 157 cm³/mol. The van der Waals surface area contributed by atoms with E-state index in [1.54, 1.807) is 18.4 Å². The summed E-state index contributed by atoms with van der Waals surface area (Å²) in [7, 11) is 1.67. The van der Waals surface area contributed by atoms with E-state index in [9.17, 15) is 9.59 Å². The number of carboxylic acid groups (broad SMARTS) is 1. The van der Waals surface area contributed by atoms with Gasteiger partial charge in [-0.2, -0.15) is 0 Å². The lowest BCUT2D eigenvalue weighted by Crippen LogP contribution is -2.39. The highest BCUT2D eigenvalue weighted by Gasteiger charge is 2.33. The summed E-state index contributed by atoms with van der Waals surface area (Å²) in [5.41, 5.74) is 3.97. The van der Waals surface area contributed by atoms with Crippen LogP contribution in [0.4, 0.5) is 5.13 Å². The number of carbonyl (C=O) groups excluding carboxylic acids is 1. The molecule has 1 aliphatic rings. The number of nitrogens with zero attached hydrogens (tertiary/aromatic N) is 2. The van der Waals surface area contributed by atoms with Gasteiger partial charge in [0.2, 0.25) is 0 Å². The number of amides is 1. The fourth-order valence-corrected chi connectivity index (χ4v) is 6.15. The van der Waals surface area contributed by atoms with E-state index in [-0.39, 0.29) is 18.9 Å². The molecular weight excluding hydrogens is 510 g/mol. The van der Waals surface area contributed by atoms with Crippen LogP contribution in [-0.4, -0.2) is 41.7 Å². The first-order valence-electron chi connectivity index (χ1n) is 13.6. The minimum absolute atomic E-state index is 0.0947. The second-order valence-corrected chi connectivity index (χ2v) is 12.2. The standard InChI is InChI=1S/C31H39N3O4S/c1-31(2,3)24-11-13-25(14-12-24)34(30-33-27(20-39-30)22-9-15-26(38-4)16-10-22)19-21-5-7-23(8-6-21)29(37)32-18-17-28(35)36/h5-10,15-16,20,24-25H,11-14,17-19H2,1-4H3,(H,32,37)(H,35,36). The molecule has 0 radical (unpaired) electrons. The van der Waals surface area contributed by atoms with E-state index >= 15 is 0 Å². The Hall–Kier alpha value is -3.39. The summed E-state index contributed by atoms with van der Waals surface area (Å²) >= 11 is 1.67. The highest BCUT2D eigenvalue weighted by atomic mass is 32.1. The summed E-state index contributed by atoms with van der Waals surface area (Å²) in [4.78, 5) is 30.6. The first-order chi connectivity index (χ1) is 18.6. The van der Waals surface area contributed by atoms with Gasteiger partial charge in [-0.15, -0.1) is 11.3 Å². The van der Waals surface area contributed by atoms with E-state index in [2.05, 4.69) is 36.4 Å². The SMILES string of the molecule is COc1ccc(-c2csc(N(Cc3ccc(C(=O)NCCC(=O)O)cc3)C3CCC(C(C)(C)C)CC3)n2)cc1. The Morgan fingerprint density at radius 2 is 1.72 bits per heavy atom. The zero-order chi connectivity index (χ0) is 28.0. The van der Waals surface area contributed by atoms with Crippen LogP contribution in [0.1, 0.15) is 68.8 Å². The molecule has 1 heterocycles. The number of aromatic nitrogens is 1. The zero-order valence-electron chi connectivity index (χ0n) is 23.3. The van der Waals surface area contributed by atoms with Crippen LogP contribution < -0.4 is 15.0 Å². The molecule has 2 aromatic carbocycles. The lowest BCUT2D eigenvalue weighted by atomic mass is 9.71. The molecule has 0 atom stereocenters. The quantitative estimate of drug-likeness (QED) is 0.295. The zero-order valence-corrected chi connectivity index (χ0v) is 24.1. The maximum atomic E-state index is 12.4. The van der Waals surface area contributed by atoms with Gasteiger partial charge in [-0.25, -0.2) is 4.98 Å². The molecule has 0 spiro atoms. The van der Waals surface area contributed by atoms with Crippen molar-refractivity contribution in [2.75, 3.05) is 18.6 Å². The van der Waals surface area contributed by atoms with Crippen LogP contribution in [0.5, 0.6) is 5.75 Å². The number of anilines is 1. The molecule has 7 nitrogen and oxygen atoms in total. The summed E-state index contributed by atoms with van der Waals surface area (Å²) in [6.07, 6.45) is 4.57. The summed E-state index contributed by atoms with van der Waals surface area (Å²) in [6, 6.07) is 16.0. The largest absolute Gasteiger partial charge is 0.497 e. The molecule has 0 aliphatic heterocycles. The molecule has 4 rings (SSSR count). The number of nitrogens with one attached hydrogen (secondary N) is 1. The molecule has 0 bridgehead atoms. The second kappa shape index (κ2) is 12.6. The topological polar surface area (TPSA) is 91.8 Å². The smallest absolute Gasteiger partial charge is 0.305 e. The van der Waals surface area contributed by atoms with Crippen LogP contribution in [0.3, 0.4) is 0 Å². The summed E-state index contributed by atoms with van der Waals surface area (Å²) in [6.45, 7) is 7.86. The van der Waals surface area contributed by atoms with Crippen molar-refractivity contribution < 1.29 is 19.4 Å². The third-order valence-electron chi connectivity index (χ3n) is 7.68. The van der Waals surface area contributed by atoms with Crippen LogP contribution in [0.25, 0.3) is 11.3 Å². The molecular formula is C31H39N3O4S. The van der Waals surface area contributed by atoms with E-state index in [4.69, 9.17) is 14.8 Å². The van der Waals surface area contributed by atoms with Crippen molar-refractivity contribution in [3.05, 3.63) is 65.0 Å². The number of rotatable bonds is 10. The molecule has 2 N–H and O–H groups in total. The van der Waals surface area contributed by atoms with Gasteiger partial charge in [0.1, 0.15) is 5.75 Å². The van der Waals surface area contributed by atoms with Gasteiger partial charge < -0.3 is 20.1 Å². The molecule has 0 unspecified atom stereocenters. The Kier molecular flexibility index (Phi) is 9.28. The van der Waals surface area contributed by atoms with Crippen molar-refractivity contribution in [2.24, 2.45) is 11.3 Å². The number of thiazole rings is 1. The minimum Gasteiger partial charge on any atom is -0.497 e. The third-order valence-corrected chi connectivity index (χ3v) is 8.56. The van der Waals surface area contributed by atoms with Crippen molar-refractivity contribution >= 4 is 28.3 Å². The maximum Gasteiger partial charge on any atom is 0.305 e. The van der Waals surface area contributed by atoms with Crippen LogP contribution >= 0.6 is 11.3 Å². The van der Waals surface area contributed by atoms with Crippen molar-refractivity contribution in [2.45, 2.75) is 65.5 Å². The van der Waals surface area contributed by atoms with E-state index in [0.717, 1.165) is 46.5 Å². The van der Waals surface area contributed by atoms with Gasteiger partial charge in [0.25, 0.3) is 5.91 Å². The molecule has 39 heavy (non-hydrogen) atoms. The molecule has 1 saturated carbocycles. The Labute approximate surface area is 235 Å². The van der Waals surface area contributed by atoms with Crippen molar-refractivity contribution in [3.63, 3.8) is 0 Å². The Bertz CT molecular complexity index is 1240.